The van der Waals surface area contributed by atoms with Crippen molar-refractivity contribution in [1.29, 1.82) is 0 Å². The molecule has 3 aromatic rings. The summed E-state index contributed by atoms with van der Waals surface area (Å²) in [5.41, 5.74) is 5.47. The highest BCUT2D eigenvalue weighted by Crippen LogP contribution is 2.39. The van der Waals surface area contributed by atoms with Crippen LogP contribution in [0.3, 0.4) is 0 Å². The molecule has 0 radical (unpaired) electrons. The average Bonchev–Trinajstić information content (AvgIpc) is 3.47. The second kappa shape index (κ2) is 11.1. The normalized spacial score (nSPS) is 12.6. The Hall–Kier alpha value is -4.05. The van der Waals surface area contributed by atoms with Crippen LogP contribution in [0, 0.1) is 5.82 Å². The first kappa shape index (κ1) is 25.1. The largest absolute Gasteiger partial charge is 0.489 e. The lowest BCUT2D eigenvalue weighted by atomic mass is 10.1. The van der Waals surface area contributed by atoms with E-state index in [4.69, 9.17) is 9.47 Å². The van der Waals surface area contributed by atoms with Crippen LogP contribution in [0.25, 0.3) is 0 Å². The molecule has 2 aromatic carbocycles. The number of anilines is 1. The molecule has 0 fully saturated rings. The number of ether oxygens (including phenoxy) is 2. The molecule has 10 heteroatoms. The quantitative estimate of drug-likeness (QED) is 0.215. The van der Waals surface area contributed by atoms with Gasteiger partial charge in [-0.1, -0.05) is 12.1 Å². The molecule has 0 spiro atoms. The number of nitrogens with one attached hydrogen (secondary N) is 2. The summed E-state index contributed by atoms with van der Waals surface area (Å²) in [6.07, 6.45) is 2.50. The monoisotopic (exact) mass is 509 g/mol. The lowest BCUT2D eigenvalue weighted by Crippen LogP contribution is -2.33. The number of benzene rings is 2. The Bertz CT molecular complexity index is 1320. The van der Waals surface area contributed by atoms with Crippen molar-refractivity contribution in [3.05, 3.63) is 81.5 Å². The third kappa shape index (κ3) is 5.77. The van der Waals surface area contributed by atoms with E-state index < -0.39 is 17.8 Å². The Morgan fingerprint density at radius 1 is 1.03 bits per heavy atom. The number of hydrogen-bond donors (Lipinski definition) is 2. The summed E-state index contributed by atoms with van der Waals surface area (Å²) in [4.78, 5) is 38.0. The van der Waals surface area contributed by atoms with Crippen molar-refractivity contribution in [2.45, 2.75) is 32.8 Å². The van der Waals surface area contributed by atoms with Gasteiger partial charge in [0, 0.05) is 4.88 Å². The summed E-state index contributed by atoms with van der Waals surface area (Å²) in [5.74, 6) is -2.12. The Balaban J connectivity index is 1.33. The summed E-state index contributed by atoms with van der Waals surface area (Å²) in [6.45, 7) is 1.98. The Kier molecular flexibility index (Phi) is 7.74. The van der Waals surface area contributed by atoms with Crippen LogP contribution >= 0.6 is 11.3 Å². The summed E-state index contributed by atoms with van der Waals surface area (Å²) >= 11 is 1.29. The van der Waals surface area contributed by atoms with Crippen molar-refractivity contribution in [3.8, 4) is 5.75 Å². The Morgan fingerprint density at radius 3 is 2.44 bits per heavy atom. The molecule has 1 aliphatic carbocycles. The van der Waals surface area contributed by atoms with Crippen LogP contribution in [0.1, 0.15) is 45.3 Å². The van der Waals surface area contributed by atoms with E-state index in [1.54, 1.807) is 43.3 Å². The SMILES string of the molecule is COC(=O)c1c(NC(=O)C(=O)N/N=C(\C)c2ccc(OCc3ccc(F)cc3)cc2)sc2c1CCC2. The number of halogens is 1. The highest BCUT2D eigenvalue weighted by Gasteiger charge is 2.29. The highest BCUT2D eigenvalue weighted by molar-refractivity contribution is 7.17. The fourth-order valence-electron chi connectivity index (χ4n) is 3.76. The van der Waals surface area contributed by atoms with Crippen LogP contribution in [0.2, 0.25) is 0 Å². The van der Waals surface area contributed by atoms with Gasteiger partial charge in [0.2, 0.25) is 0 Å². The second-order valence-corrected chi connectivity index (χ2v) is 9.19. The lowest BCUT2D eigenvalue weighted by molar-refractivity contribution is -0.136. The number of hydrogen-bond acceptors (Lipinski definition) is 7. The molecular formula is C26H24FN3O5S. The third-order valence-electron chi connectivity index (χ3n) is 5.66. The summed E-state index contributed by atoms with van der Waals surface area (Å²) in [5, 5.41) is 6.83. The van der Waals surface area contributed by atoms with Crippen LogP contribution in [-0.2, 0) is 33.8 Å². The van der Waals surface area contributed by atoms with Gasteiger partial charge in [0.1, 0.15) is 23.2 Å². The number of aryl methyl sites for hydroxylation is 1. The van der Waals surface area contributed by atoms with Gasteiger partial charge in [-0.25, -0.2) is 14.6 Å². The summed E-state index contributed by atoms with van der Waals surface area (Å²) in [6, 6.07) is 13.1. The molecule has 1 aliphatic rings. The molecule has 0 bridgehead atoms. The fraction of sp³-hybridized carbons (Fsp3) is 0.231. The van der Waals surface area contributed by atoms with Gasteiger partial charge in [-0.3, -0.25) is 9.59 Å². The summed E-state index contributed by atoms with van der Waals surface area (Å²) in [7, 11) is 1.28. The Labute approximate surface area is 211 Å². The zero-order valence-electron chi connectivity index (χ0n) is 19.7. The number of esters is 1. The molecule has 0 aliphatic heterocycles. The number of rotatable bonds is 7. The molecule has 8 nitrogen and oxygen atoms in total. The van der Waals surface area contributed by atoms with Crippen LogP contribution in [0.15, 0.2) is 53.6 Å². The van der Waals surface area contributed by atoms with E-state index in [-0.39, 0.29) is 5.82 Å². The Morgan fingerprint density at radius 2 is 1.75 bits per heavy atom. The minimum Gasteiger partial charge on any atom is -0.489 e. The predicted molar refractivity (Wildman–Crippen MR) is 134 cm³/mol. The number of thiophene rings is 1. The van der Waals surface area contributed by atoms with Crippen molar-refractivity contribution < 1.29 is 28.2 Å². The van der Waals surface area contributed by atoms with Crippen molar-refractivity contribution in [2.24, 2.45) is 5.10 Å². The summed E-state index contributed by atoms with van der Waals surface area (Å²) < 4.78 is 23.5. The van der Waals surface area contributed by atoms with E-state index in [1.807, 2.05) is 0 Å². The molecule has 1 aromatic heterocycles. The topological polar surface area (TPSA) is 106 Å². The van der Waals surface area contributed by atoms with E-state index in [9.17, 15) is 18.8 Å². The molecule has 0 saturated carbocycles. The number of carbonyl (C=O) groups is 3. The van der Waals surface area contributed by atoms with Gasteiger partial charge in [-0.05, 0) is 79.3 Å². The minimum absolute atomic E-state index is 0.294. The maximum absolute atomic E-state index is 13.0. The second-order valence-electron chi connectivity index (χ2n) is 8.08. The fourth-order valence-corrected chi connectivity index (χ4v) is 5.03. The van der Waals surface area contributed by atoms with E-state index >= 15 is 0 Å². The zero-order valence-corrected chi connectivity index (χ0v) is 20.5. The number of amides is 2. The van der Waals surface area contributed by atoms with Crippen molar-refractivity contribution >= 4 is 39.8 Å². The molecule has 4 rings (SSSR count). The van der Waals surface area contributed by atoms with Gasteiger partial charge in [-0.2, -0.15) is 5.10 Å². The molecule has 36 heavy (non-hydrogen) atoms. The van der Waals surface area contributed by atoms with Crippen LogP contribution in [0.4, 0.5) is 9.39 Å². The van der Waals surface area contributed by atoms with Gasteiger partial charge in [0.25, 0.3) is 0 Å². The highest BCUT2D eigenvalue weighted by atomic mass is 32.1. The molecule has 0 unspecified atom stereocenters. The molecule has 0 saturated heterocycles. The number of carbonyl (C=O) groups excluding carboxylic acids is 3. The van der Waals surface area contributed by atoms with Gasteiger partial charge in [-0.15, -0.1) is 11.3 Å². The van der Waals surface area contributed by atoms with Gasteiger partial charge in [0.05, 0.1) is 18.4 Å². The van der Waals surface area contributed by atoms with Gasteiger partial charge < -0.3 is 14.8 Å². The molecule has 1 heterocycles. The maximum Gasteiger partial charge on any atom is 0.341 e. The van der Waals surface area contributed by atoms with Crippen LogP contribution < -0.4 is 15.5 Å². The number of hydrazone groups is 1. The number of fused-ring (bicyclic) bond motifs is 1. The lowest BCUT2D eigenvalue weighted by Gasteiger charge is -2.08. The van der Waals surface area contributed by atoms with Crippen LogP contribution in [0.5, 0.6) is 5.75 Å². The standard InChI is InChI=1S/C26H24FN3O5S/c1-15(17-8-12-19(13-9-17)35-14-16-6-10-18(27)11-7-16)29-30-24(32)23(31)28-25-22(26(33)34-2)20-4-3-5-21(20)36-25/h6-13H,3-5,14H2,1-2H3,(H,28,31)(H,30,32)/b29-15+. The smallest absolute Gasteiger partial charge is 0.341 e. The maximum atomic E-state index is 13.0. The van der Waals surface area contributed by atoms with Crippen LogP contribution in [-0.4, -0.2) is 30.6 Å². The van der Waals surface area contributed by atoms with Gasteiger partial charge in [0.15, 0.2) is 0 Å². The number of nitrogens with zero attached hydrogens (tertiary/aromatic N) is 1. The zero-order chi connectivity index (χ0) is 25.7. The van der Waals surface area contributed by atoms with Crippen molar-refractivity contribution in [2.75, 3.05) is 12.4 Å². The van der Waals surface area contributed by atoms with Crippen molar-refractivity contribution in [1.82, 2.24) is 5.43 Å². The number of methoxy groups -OCH3 is 1. The molecular weight excluding hydrogens is 485 g/mol. The van der Waals surface area contributed by atoms with E-state index in [0.29, 0.717) is 34.2 Å². The first-order valence-corrected chi connectivity index (χ1v) is 12.0. The average molecular weight is 510 g/mol. The van der Waals surface area contributed by atoms with E-state index in [0.717, 1.165) is 35.3 Å². The molecule has 186 valence electrons. The van der Waals surface area contributed by atoms with Crippen molar-refractivity contribution in [3.63, 3.8) is 0 Å². The van der Waals surface area contributed by atoms with E-state index in [2.05, 4.69) is 15.8 Å². The molecule has 0 atom stereocenters. The van der Waals surface area contributed by atoms with Gasteiger partial charge >= 0.3 is 17.8 Å². The third-order valence-corrected chi connectivity index (χ3v) is 6.87. The van der Waals surface area contributed by atoms with E-state index in [1.165, 1.54) is 30.6 Å². The molecule has 2 amide bonds. The first-order valence-electron chi connectivity index (χ1n) is 11.2. The predicted octanol–water partition coefficient (Wildman–Crippen LogP) is 4.22. The first-order chi connectivity index (χ1) is 17.4. The molecule has 2 N–H and O–H groups in total. The minimum atomic E-state index is -0.960.